The normalized spacial score (nSPS) is 10.8. The second kappa shape index (κ2) is 7.31. The molecule has 0 aliphatic carbocycles. The van der Waals surface area contributed by atoms with Gasteiger partial charge in [0.25, 0.3) is 0 Å². The largest absolute Gasteiger partial charge is 0.496 e. The minimum atomic E-state index is -0.262. The second-order valence-electron chi connectivity index (χ2n) is 4.89. The van der Waals surface area contributed by atoms with Gasteiger partial charge in [0.15, 0.2) is 11.0 Å². The Bertz CT molecular complexity index is 655. The van der Waals surface area contributed by atoms with Crippen molar-refractivity contribution in [1.29, 1.82) is 0 Å². The summed E-state index contributed by atoms with van der Waals surface area (Å²) in [5.41, 5.74) is 0.858. The van der Waals surface area contributed by atoms with Crippen LogP contribution in [0.15, 0.2) is 29.4 Å². The minimum Gasteiger partial charge on any atom is -0.496 e. The first-order valence-electron chi connectivity index (χ1n) is 6.88. The van der Waals surface area contributed by atoms with Crippen molar-refractivity contribution < 1.29 is 14.3 Å². The molecule has 1 aromatic carbocycles. The number of carbonyl (C=O) groups excluding carboxylic acids is 1. The summed E-state index contributed by atoms with van der Waals surface area (Å²) >= 11 is 1.30. The molecule has 0 saturated heterocycles. The van der Waals surface area contributed by atoms with Gasteiger partial charge in [0.05, 0.1) is 24.5 Å². The molecule has 0 amide bonds. The Kier molecular flexibility index (Phi) is 5.43. The molecule has 2 rings (SSSR count). The summed E-state index contributed by atoms with van der Waals surface area (Å²) < 4.78 is 12.3. The van der Waals surface area contributed by atoms with Crippen molar-refractivity contribution >= 4 is 17.7 Å². The zero-order valence-electron chi connectivity index (χ0n) is 13.1. The van der Waals surface area contributed by atoms with Crippen LogP contribution in [-0.4, -0.2) is 39.7 Å². The molecule has 0 unspecified atom stereocenters. The number of methoxy groups -OCH3 is 1. The lowest BCUT2D eigenvalue weighted by Crippen LogP contribution is -2.13. The molecular formula is C15H19N3O3S. The fourth-order valence-electron chi connectivity index (χ4n) is 1.92. The summed E-state index contributed by atoms with van der Waals surface area (Å²) in [5, 5.41) is 8.98. The first kappa shape index (κ1) is 16.4. The zero-order valence-corrected chi connectivity index (χ0v) is 13.9. The van der Waals surface area contributed by atoms with Crippen molar-refractivity contribution in [2.45, 2.75) is 25.1 Å². The molecule has 6 nitrogen and oxygen atoms in total. The van der Waals surface area contributed by atoms with Crippen LogP contribution in [0.1, 0.15) is 13.8 Å². The minimum absolute atomic E-state index is 0.114. The summed E-state index contributed by atoms with van der Waals surface area (Å²) in [5.74, 6) is 1.36. The topological polar surface area (TPSA) is 66.2 Å². The van der Waals surface area contributed by atoms with E-state index in [0.717, 1.165) is 11.3 Å². The van der Waals surface area contributed by atoms with E-state index in [4.69, 9.17) is 9.47 Å². The maximum absolute atomic E-state index is 11.6. The Balaban J connectivity index is 2.14. The van der Waals surface area contributed by atoms with Crippen LogP contribution in [0.25, 0.3) is 11.4 Å². The Labute approximate surface area is 133 Å². The van der Waals surface area contributed by atoms with Crippen LogP contribution in [0, 0.1) is 0 Å². The maximum atomic E-state index is 11.6. The fraction of sp³-hybridized carbons (Fsp3) is 0.400. The molecule has 0 aliphatic heterocycles. The highest BCUT2D eigenvalue weighted by atomic mass is 32.2. The van der Waals surface area contributed by atoms with Crippen molar-refractivity contribution in [2.75, 3.05) is 12.9 Å². The highest BCUT2D eigenvalue weighted by Crippen LogP contribution is 2.29. The lowest BCUT2D eigenvalue weighted by atomic mass is 10.2. The molecule has 1 heterocycles. The number of thioether (sulfide) groups is 1. The number of rotatable bonds is 6. The van der Waals surface area contributed by atoms with Gasteiger partial charge >= 0.3 is 5.97 Å². The van der Waals surface area contributed by atoms with Gasteiger partial charge in [-0.2, -0.15) is 0 Å². The summed E-state index contributed by atoms with van der Waals surface area (Å²) in [6.45, 7) is 3.65. The molecule has 0 spiro atoms. The van der Waals surface area contributed by atoms with Crippen LogP contribution in [0.5, 0.6) is 5.75 Å². The van der Waals surface area contributed by atoms with Gasteiger partial charge in [-0.25, -0.2) is 0 Å². The van der Waals surface area contributed by atoms with Gasteiger partial charge < -0.3 is 14.0 Å². The van der Waals surface area contributed by atoms with E-state index in [0.29, 0.717) is 11.0 Å². The van der Waals surface area contributed by atoms with E-state index in [2.05, 4.69) is 10.2 Å². The van der Waals surface area contributed by atoms with Gasteiger partial charge in [0.1, 0.15) is 5.75 Å². The third kappa shape index (κ3) is 3.79. The summed E-state index contributed by atoms with van der Waals surface area (Å²) in [6, 6.07) is 7.61. The van der Waals surface area contributed by atoms with Crippen molar-refractivity contribution in [3.63, 3.8) is 0 Å². The van der Waals surface area contributed by atoms with Crippen molar-refractivity contribution in [3.8, 4) is 17.1 Å². The Morgan fingerprint density at radius 2 is 2.05 bits per heavy atom. The lowest BCUT2D eigenvalue weighted by molar-refractivity contribution is -0.144. The number of para-hydroxylation sites is 1. The maximum Gasteiger partial charge on any atom is 0.316 e. The predicted octanol–water partition coefficient (Wildman–Crippen LogP) is 2.53. The molecule has 2 aromatic rings. The smallest absolute Gasteiger partial charge is 0.316 e. The number of aromatic nitrogens is 3. The molecule has 0 N–H and O–H groups in total. The van der Waals surface area contributed by atoms with Gasteiger partial charge in [-0.1, -0.05) is 23.9 Å². The quantitative estimate of drug-likeness (QED) is 0.602. The molecule has 0 fully saturated rings. The molecule has 0 saturated carbocycles. The van der Waals surface area contributed by atoms with E-state index >= 15 is 0 Å². The van der Waals surface area contributed by atoms with Crippen molar-refractivity contribution in [2.24, 2.45) is 7.05 Å². The number of esters is 1. The van der Waals surface area contributed by atoms with Gasteiger partial charge in [0.2, 0.25) is 0 Å². The number of benzene rings is 1. The number of nitrogens with zero attached hydrogens (tertiary/aromatic N) is 3. The third-order valence-corrected chi connectivity index (χ3v) is 3.86. The molecule has 0 radical (unpaired) electrons. The van der Waals surface area contributed by atoms with Crippen LogP contribution < -0.4 is 4.74 Å². The third-order valence-electron chi connectivity index (χ3n) is 2.87. The van der Waals surface area contributed by atoms with Crippen LogP contribution in [0.2, 0.25) is 0 Å². The Morgan fingerprint density at radius 1 is 1.32 bits per heavy atom. The zero-order chi connectivity index (χ0) is 16.1. The van der Waals surface area contributed by atoms with Crippen LogP contribution in [0.4, 0.5) is 0 Å². The first-order chi connectivity index (χ1) is 10.5. The van der Waals surface area contributed by atoms with Gasteiger partial charge in [0, 0.05) is 7.05 Å². The average molecular weight is 321 g/mol. The van der Waals surface area contributed by atoms with E-state index in [-0.39, 0.29) is 17.8 Å². The number of hydrogen-bond acceptors (Lipinski definition) is 6. The highest BCUT2D eigenvalue weighted by Gasteiger charge is 2.16. The number of hydrogen-bond donors (Lipinski definition) is 0. The SMILES string of the molecule is COc1ccccc1-c1nnc(SCC(=O)OC(C)C)n1C. The standard InChI is InChI=1S/C15H19N3O3S/c1-10(2)21-13(19)9-22-15-17-16-14(18(15)3)11-7-5-6-8-12(11)20-4/h5-8,10H,9H2,1-4H3. The van der Waals surface area contributed by atoms with Gasteiger partial charge in [-0.15, -0.1) is 10.2 Å². The lowest BCUT2D eigenvalue weighted by Gasteiger charge is -2.09. The number of ether oxygens (including phenoxy) is 2. The Morgan fingerprint density at radius 3 is 2.73 bits per heavy atom. The molecule has 1 aromatic heterocycles. The summed E-state index contributed by atoms with van der Waals surface area (Å²) in [4.78, 5) is 11.6. The molecule has 7 heteroatoms. The van der Waals surface area contributed by atoms with Gasteiger partial charge in [-0.3, -0.25) is 4.79 Å². The van der Waals surface area contributed by atoms with E-state index in [1.807, 2.05) is 49.7 Å². The molecule has 22 heavy (non-hydrogen) atoms. The number of carbonyl (C=O) groups is 1. The van der Waals surface area contributed by atoms with Crippen LogP contribution >= 0.6 is 11.8 Å². The van der Waals surface area contributed by atoms with Crippen molar-refractivity contribution in [1.82, 2.24) is 14.8 Å². The average Bonchev–Trinajstić information content (AvgIpc) is 2.85. The molecule has 118 valence electrons. The summed E-state index contributed by atoms with van der Waals surface area (Å²) in [7, 11) is 3.48. The molecular weight excluding hydrogens is 302 g/mol. The van der Waals surface area contributed by atoms with E-state index in [1.54, 1.807) is 7.11 Å². The van der Waals surface area contributed by atoms with E-state index in [9.17, 15) is 4.79 Å². The van der Waals surface area contributed by atoms with Crippen LogP contribution in [0.3, 0.4) is 0 Å². The monoisotopic (exact) mass is 321 g/mol. The van der Waals surface area contributed by atoms with E-state index < -0.39 is 0 Å². The predicted molar refractivity (Wildman–Crippen MR) is 84.9 cm³/mol. The van der Waals surface area contributed by atoms with Crippen LogP contribution in [-0.2, 0) is 16.6 Å². The molecule has 0 atom stereocenters. The molecule has 0 bridgehead atoms. The first-order valence-corrected chi connectivity index (χ1v) is 7.86. The fourth-order valence-corrected chi connectivity index (χ4v) is 2.62. The summed E-state index contributed by atoms with van der Waals surface area (Å²) in [6.07, 6.45) is -0.114. The molecule has 0 aliphatic rings. The second-order valence-corrected chi connectivity index (χ2v) is 5.84. The van der Waals surface area contributed by atoms with Gasteiger partial charge in [-0.05, 0) is 26.0 Å². The Hall–Kier alpha value is -2.02. The van der Waals surface area contributed by atoms with E-state index in [1.165, 1.54) is 11.8 Å². The highest BCUT2D eigenvalue weighted by molar-refractivity contribution is 7.99. The van der Waals surface area contributed by atoms with Crippen molar-refractivity contribution in [3.05, 3.63) is 24.3 Å².